The molecule has 2 unspecified atom stereocenters. The number of para-hydroxylation sites is 2. The third kappa shape index (κ3) is 5.34. The van der Waals surface area contributed by atoms with E-state index >= 15 is 0 Å². The van der Waals surface area contributed by atoms with Crippen LogP contribution in [0.25, 0.3) is 28.1 Å². The third-order valence-corrected chi connectivity index (χ3v) is 8.00. The molecule has 1 amide bonds. The first-order valence-electron chi connectivity index (χ1n) is 14.6. The number of morpholine rings is 1. The van der Waals surface area contributed by atoms with Gasteiger partial charge < -0.3 is 24.3 Å². The molecule has 7 rings (SSSR count). The number of hydrogen-bond acceptors (Lipinski definition) is 9. The summed E-state index contributed by atoms with van der Waals surface area (Å²) in [5, 5.41) is 6.31. The molecular formula is C29H37N9O3. The second-order valence-electron chi connectivity index (χ2n) is 10.7. The number of rotatable bonds is 6. The van der Waals surface area contributed by atoms with E-state index in [4.69, 9.17) is 24.7 Å². The summed E-state index contributed by atoms with van der Waals surface area (Å²) in [5.74, 6) is 1.79. The maximum absolute atomic E-state index is 12.7. The molecule has 0 bridgehead atoms. The predicted molar refractivity (Wildman–Crippen MR) is 154 cm³/mol. The van der Waals surface area contributed by atoms with Gasteiger partial charge in [0.05, 0.1) is 24.2 Å². The maximum Gasteiger partial charge on any atom is 0.247 e. The minimum absolute atomic E-state index is 0.252. The maximum atomic E-state index is 12.7. The monoisotopic (exact) mass is 559 g/mol. The van der Waals surface area contributed by atoms with Gasteiger partial charge in [0.15, 0.2) is 5.65 Å². The van der Waals surface area contributed by atoms with Gasteiger partial charge in [0.2, 0.25) is 11.9 Å². The van der Waals surface area contributed by atoms with Crippen molar-refractivity contribution >= 4 is 34.4 Å². The van der Waals surface area contributed by atoms with E-state index in [-0.39, 0.29) is 18.6 Å². The molecule has 41 heavy (non-hydrogen) atoms. The number of hydrogen-bond donors (Lipinski definition) is 2. The van der Waals surface area contributed by atoms with Crippen LogP contribution in [0.2, 0.25) is 0 Å². The van der Waals surface area contributed by atoms with Crippen LogP contribution < -0.4 is 10.6 Å². The summed E-state index contributed by atoms with van der Waals surface area (Å²) in [6.07, 6.45) is 7.07. The summed E-state index contributed by atoms with van der Waals surface area (Å²) in [7, 11) is 1.89. The number of imidazole rings is 2. The number of aldehydes is 1. The number of benzene rings is 1. The largest absolute Gasteiger partial charge is 0.369 e. The van der Waals surface area contributed by atoms with Crippen LogP contribution in [0.3, 0.4) is 0 Å². The molecule has 3 aliphatic rings. The van der Waals surface area contributed by atoms with E-state index in [1.54, 1.807) is 4.90 Å². The fraction of sp³-hybridized carbons (Fsp3) is 0.517. The van der Waals surface area contributed by atoms with Gasteiger partial charge in [0, 0.05) is 39.6 Å². The smallest absolute Gasteiger partial charge is 0.247 e. The molecule has 4 aromatic rings. The number of piperazine rings is 1. The molecule has 12 heteroatoms. The molecule has 2 aliphatic heterocycles. The van der Waals surface area contributed by atoms with Crippen molar-refractivity contribution in [1.29, 1.82) is 0 Å². The zero-order valence-electron chi connectivity index (χ0n) is 23.7. The average Bonchev–Trinajstić information content (AvgIpc) is 3.50. The van der Waals surface area contributed by atoms with Crippen LogP contribution >= 0.6 is 0 Å². The predicted octanol–water partition coefficient (Wildman–Crippen LogP) is 1.99. The molecule has 1 aliphatic carbocycles. The SMILES string of the molecule is C1CCC1.CCc1nc2ccccc2n1-c1nc(C2CNCCO2)c2nc(CN3CCNC(C=O)C3=O)n(C)c2n1. The number of nitrogens with zero attached hydrogens (tertiary/aromatic N) is 7. The van der Waals surface area contributed by atoms with E-state index in [0.29, 0.717) is 67.6 Å². The highest BCUT2D eigenvalue weighted by molar-refractivity contribution is 5.96. The molecule has 2 atom stereocenters. The van der Waals surface area contributed by atoms with Gasteiger partial charge in [-0.05, 0) is 12.1 Å². The fourth-order valence-electron chi connectivity index (χ4n) is 5.29. The van der Waals surface area contributed by atoms with Crippen molar-refractivity contribution < 1.29 is 14.3 Å². The molecule has 0 radical (unpaired) electrons. The Hall–Kier alpha value is -3.74. The van der Waals surface area contributed by atoms with E-state index in [9.17, 15) is 9.59 Å². The van der Waals surface area contributed by atoms with Crippen LogP contribution in [0, 0.1) is 0 Å². The van der Waals surface area contributed by atoms with Crippen molar-refractivity contribution in [3.8, 4) is 5.95 Å². The summed E-state index contributed by atoms with van der Waals surface area (Å²) >= 11 is 0. The van der Waals surface area contributed by atoms with Gasteiger partial charge in [0.1, 0.15) is 41.3 Å². The standard InChI is InChI=1S/C25H29N9O3.C4H8/c1-3-19-28-15-6-4-5-7-17(15)34(19)25-30-21(18-12-26-9-11-37-18)22-23(31-25)32(2)20(29-22)13-33-10-8-27-16(14-35)24(33)36;1-2-4-3-1/h4-7,14,16,18,26-27H,3,8-13H2,1-2H3;1-4H2. The molecule has 2 saturated heterocycles. The number of fused-ring (bicyclic) bond motifs is 2. The van der Waals surface area contributed by atoms with Gasteiger partial charge >= 0.3 is 0 Å². The number of carbonyl (C=O) groups excluding carboxylic acids is 2. The molecule has 1 aromatic carbocycles. The third-order valence-electron chi connectivity index (χ3n) is 8.00. The first kappa shape index (κ1) is 27.4. The van der Waals surface area contributed by atoms with Crippen molar-refractivity contribution in [2.75, 3.05) is 32.8 Å². The molecular weight excluding hydrogens is 522 g/mol. The normalized spacial score (nSPS) is 21.0. The number of carbonyl (C=O) groups is 2. The fourth-order valence-corrected chi connectivity index (χ4v) is 5.29. The first-order chi connectivity index (χ1) is 20.1. The van der Waals surface area contributed by atoms with Crippen molar-refractivity contribution in [2.45, 2.75) is 57.7 Å². The summed E-state index contributed by atoms with van der Waals surface area (Å²) in [6.45, 7) is 5.33. The molecule has 3 aromatic heterocycles. The molecule has 1 saturated carbocycles. The highest BCUT2D eigenvalue weighted by Gasteiger charge is 2.31. The summed E-state index contributed by atoms with van der Waals surface area (Å²) in [4.78, 5) is 45.4. The number of aromatic nitrogens is 6. The molecule has 2 N–H and O–H groups in total. The van der Waals surface area contributed by atoms with Crippen LogP contribution in [0.1, 0.15) is 56.1 Å². The summed E-state index contributed by atoms with van der Waals surface area (Å²) in [5.41, 5.74) is 3.81. The van der Waals surface area contributed by atoms with Crippen molar-refractivity contribution in [1.82, 2.24) is 44.6 Å². The second kappa shape index (κ2) is 12.0. The minimum atomic E-state index is -0.825. The van der Waals surface area contributed by atoms with E-state index < -0.39 is 6.04 Å². The molecule has 5 heterocycles. The van der Waals surface area contributed by atoms with E-state index in [1.807, 2.05) is 40.4 Å². The summed E-state index contributed by atoms with van der Waals surface area (Å²) < 4.78 is 9.99. The average molecular weight is 560 g/mol. The Balaban J connectivity index is 0.000000697. The van der Waals surface area contributed by atoms with Gasteiger partial charge in [-0.2, -0.15) is 4.98 Å². The molecule has 3 fully saturated rings. The highest BCUT2D eigenvalue weighted by Crippen LogP contribution is 2.28. The number of aryl methyl sites for hydroxylation is 2. The van der Waals surface area contributed by atoms with Gasteiger partial charge in [-0.3, -0.25) is 14.7 Å². The van der Waals surface area contributed by atoms with E-state index in [2.05, 4.69) is 17.6 Å². The number of ether oxygens (including phenoxy) is 1. The Bertz CT molecular complexity index is 1550. The molecule has 0 spiro atoms. The van der Waals surface area contributed by atoms with Gasteiger partial charge in [-0.15, -0.1) is 0 Å². The van der Waals surface area contributed by atoms with Crippen molar-refractivity contribution in [3.63, 3.8) is 0 Å². The van der Waals surface area contributed by atoms with Gasteiger partial charge in [0.25, 0.3) is 0 Å². The lowest BCUT2D eigenvalue weighted by atomic mass is 10.0. The number of nitrogens with one attached hydrogen (secondary N) is 2. The zero-order valence-corrected chi connectivity index (χ0v) is 23.7. The second-order valence-corrected chi connectivity index (χ2v) is 10.7. The van der Waals surface area contributed by atoms with Crippen LogP contribution in [-0.2, 0) is 34.3 Å². The topological polar surface area (TPSA) is 132 Å². The van der Waals surface area contributed by atoms with Gasteiger partial charge in [-0.25, -0.2) is 15.0 Å². The van der Waals surface area contributed by atoms with Crippen LogP contribution in [0.5, 0.6) is 0 Å². The number of amides is 1. The Kier molecular flexibility index (Phi) is 8.04. The lowest BCUT2D eigenvalue weighted by molar-refractivity contribution is -0.138. The Morgan fingerprint density at radius 2 is 1.85 bits per heavy atom. The highest BCUT2D eigenvalue weighted by atomic mass is 16.5. The first-order valence-corrected chi connectivity index (χ1v) is 14.6. The Morgan fingerprint density at radius 3 is 2.56 bits per heavy atom. The summed E-state index contributed by atoms with van der Waals surface area (Å²) in [6, 6.07) is 7.12. The molecule has 12 nitrogen and oxygen atoms in total. The lowest BCUT2D eigenvalue weighted by Crippen LogP contribution is -2.55. The molecule has 216 valence electrons. The van der Waals surface area contributed by atoms with E-state index in [1.165, 1.54) is 25.7 Å². The van der Waals surface area contributed by atoms with Crippen LogP contribution in [-0.4, -0.2) is 85.0 Å². The van der Waals surface area contributed by atoms with E-state index in [0.717, 1.165) is 23.4 Å². The zero-order chi connectivity index (χ0) is 28.3. The lowest BCUT2D eigenvalue weighted by Gasteiger charge is -2.30. The van der Waals surface area contributed by atoms with Crippen molar-refractivity contribution in [2.24, 2.45) is 7.05 Å². The van der Waals surface area contributed by atoms with Crippen molar-refractivity contribution in [3.05, 3.63) is 41.6 Å². The van der Waals surface area contributed by atoms with Crippen LogP contribution in [0.15, 0.2) is 24.3 Å². The quantitative estimate of drug-likeness (QED) is 0.269. The minimum Gasteiger partial charge on any atom is -0.369 e. The van der Waals surface area contributed by atoms with Crippen LogP contribution in [0.4, 0.5) is 0 Å². The Labute approximate surface area is 238 Å². The Morgan fingerprint density at radius 1 is 1.05 bits per heavy atom. The van der Waals surface area contributed by atoms with Gasteiger partial charge in [-0.1, -0.05) is 44.7 Å².